The van der Waals surface area contributed by atoms with Gasteiger partial charge in [0.15, 0.2) is 5.69 Å². The van der Waals surface area contributed by atoms with Crippen LogP contribution >= 0.6 is 0 Å². The first-order valence-corrected chi connectivity index (χ1v) is 8.40. The summed E-state index contributed by atoms with van der Waals surface area (Å²) < 4.78 is 7.50. The van der Waals surface area contributed by atoms with Crippen molar-refractivity contribution in [3.8, 4) is 11.5 Å². The lowest BCUT2D eigenvalue weighted by Gasteiger charge is -2.23. The minimum atomic E-state index is -0.0777. The molecule has 128 valence electrons. The average molecular weight is 337 g/mol. The molecule has 0 bridgehead atoms. The fourth-order valence-corrected chi connectivity index (χ4v) is 3.27. The molecule has 1 atom stereocenters. The Kier molecular flexibility index (Phi) is 4.05. The number of hydrogen-bond donors (Lipinski definition) is 0. The third kappa shape index (κ3) is 3.05. The number of carbonyl (C=O) groups excluding carboxylic acids is 1. The number of likely N-dealkylation sites (tertiary alicyclic amines) is 1. The van der Waals surface area contributed by atoms with E-state index in [1.807, 2.05) is 41.4 Å². The summed E-state index contributed by atoms with van der Waals surface area (Å²) in [6.07, 6.45) is 5.40. The van der Waals surface area contributed by atoms with E-state index >= 15 is 0 Å². The Balaban J connectivity index is 1.57. The third-order valence-electron chi connectivity index (χ3n) is 4.53. The van der Waals surface area contributed by atoms with Gasteiger partial charge in [-0.15, -0.1) is 5.10 Å². The second kappa shape index (κ2) is 6.51. The van der Waals surface area contributed by atoms with Gasteiger partial charge in [-0.25, -0.2) is 4.98 Å². The second-order valence-corrected chi connectivity index (χ2v) is 6.21. The Hall–Kier alpha value is -2.96. The van der Waals surface area contributed by atoms with Gasteiger partial charge in [0.05, 0.1) is 18.8 Å². The van der Waals surface area contributed by atoms with Crippen LogP contribution < -0.4 is 0 Å². The highest BCUT2D eigenvalue weighted by atomic mass is 16.4. The largest absolute Gasteiger partial charge is 0.441 e. The minimum Gasteiger partial charge on any atom is -0.441 e. The molecule has 3 aromatic rings. The molecule has 0 spiro atoms. The predicted octanol–water partition coefficient (Wildman–Crippen LogP) is 2.55. The molecule has 2 aromatic heterocycles. The number of nitrogens with zero attached hydrogens (tertiary/aromatic N) is 5. The predicted molar refractivity (Wildman–Crippen MR) is 90.8 cm³/mol. The highest BCUT2D eigenvalue weighted by Gasteiger charge is 2.32. The van der Waals surface area contributed by atoms with Crippen LogP contribution in [0.15, 0.2) is 47.1 Å². The molecule has 1 aromatic carbocycles. The van der Waals surface area contributed by atoms with Gasteiger partial charge in [-0.1, -0.05) is 23.4 Å². The van der Waals surface area contributed by atoms with Gasteiger partial charge in [-0.2, -0.15) is 0 Å². The molecule has 1 amide bonds. The summed E-state index contributed by atoms with van der Waals surface area (Å²) in [5.41, 5.74) is 1.26. The molecule has 0 aliphatic carbocycles. The summed E-state index contributed by atoms with van der Waals surface area (Å²) in [5.74, 6) is 0.953. The molecule has 4 rings (SSSR count). The van der Waals surface area contributed by atoms with Crippen LogP contribution in [0.4, 0.5) is 0 Å². The van der Waals surface area contributed by atoms with Crippen molar-refractivity contribution in [2.75, 3.05) is 6.54 Å². The van der Waals surface area contributed by atoms with Gasteiger partial charge in [0, 0.05) is 18.3 Å². The van der Waals surface area contributed by atoms with Gasteiger partial charge < -0.3 is 9.32 Å². The molecular formula is C18H19N5O2. The lowest BCUT2D eigenvalue weighted by molar-refractivity contribution is 0.0714. The highest BCUT2D eigenvalue weighted by Crippen LogP contribution is 2.26. The number of oxazole rings is 1. The van der Waals surface area contributed by atoms with E-state index in [2.05, 4.69) is 15.3 Å². The molecular weight excluding hydrogens is 318 g/mol. The maximum Gasteiger partial charge on any atom is 0.276 e. The normalized spacial score (nSPS) is 17.2. The quantitative estimate of drug-likeness (QED) is 0.731. The van der Waals surface area contributed by atoms with Crippen LogP contribution in [0.25, 0.3) is 11.5 Å². The van der Waals surface area contributed by atoms with Crippen molar-refractivity contribution in [2.45, 2.75) is 32.4 Å². The van der Waals surface area contributed by atoms with Gasteiger partial charge in [-0.3, -0.25) is 9.48 Å². The Labute approximate surface area is 145 Å². The first-order chi connectivity index (χ1) is 12.2. The van der Waals surface area contributed by atoms with E-state index in [1.54, 1.807) is 17.8 Å². The van der Waals surface area contributed by atoms with Crippen LogP contribution in [0.5, 0.6) is 0 Å². The molecule has 0 unspecified atom stereocenters. The Morgan fingerprint density at radius 3 is 2.92 bits per heavy atom. The summed E-state index contributed by atoms with van der Waals surface area (Å²) in [6.45, 7) is 3.16. The van der Waals surface area contributed by atoms with E-state index in [9.17, 15) is 4.79 Å². The van der Waals surface area contributed by atoms with Crippen LogP contribution in [0.1, 0.15) is 29.1 Å². The molecule has 1 saturated heterocycles. The smallest absolute Gasteiger partial charge is 0.276 e. The Morgan fingerprint density at radius 1 is 1.32 bits per heavy atom. The number of carbonyl (C=O) groups is 1. The van der Waals surface area contributed by atoms with Crippen molar-refractivity contribution in [1.29, 1.82) is 0 Å². The summed E-state index contributed by atoms with van der Waals surface area (Å²) in [7, 11) is 0. The summed E-state index contributed by atoms with van der Waals surface area (Å²) in [4.78, 5) is 19.3. The van der Waals surface area contributed by atoms with Gasteiger partial charge in [0.1, 0.15) is 5.76 Å². The zero-order chi connectivity index (χ0) is 17.2. The van der Waals surface area contributed by atoms with Gasteiger partial charge in [0.25, 0.3) is 5.91 Å². The average Bonchev–Trinajstić information content (AvgIpc) is 3.37. The lowest BCUT2D eigenvalue weighted by atomic mass is 10.2. The zero-order valence-electron chi connectivity index (χ0n) is 14.0. The van der Waals surface area contributed by atoms with Gasteiger partial charge in [0.2, 0.25) is 5.89 Å². The highest BCUT2D eigenvalue weighted by molar-refractivity contribution is 5.94. The van der Waals surface area contributed by atoms with Crippen molar-refractivity contribution >= 4 is 5.91 Å². The number of benzene rings is 1. The Morgan fingerprint density at radius 2 is 2.16 bits per heavy atom. The summed E-state index contributed by atoms with van der Waals surface area (Å²) in [6, 6.07) is 9.72. The number of rotatable bonds is 4. The van der Waals surface area contributed by atoms with Crippen molar-refractivity contribution in [3.05, 3.63) is 54.2 Å². The molecule has 7 heteroatoms. The first-order valence-electron chi connectivity index (χ1n) is 8.40. The third-order valence-corrected chi connectivity index (χ3v) is 4.53. The van der Waals surface area contributed by atoms with Crippen molar-refractivity contribution in [1.82, 2.24) is 24.9 Å². The second-order valence-electron chi connectivity index (χ2n) is 6.21. The number of amides is 1. The molecule has 3 heterocycles. The number of aryl methyl sites for hydroxylation is 1. The van der Waals surface area contributed by atoms with Gasteiger partial charge in [-0.05, 0) is 31.9 Å². The van der Waals surface area contributed by atoms with Crippen LogP contribution in [-0.4, -0.2) is 43.4 Å². The fourth-order valence-electron chi connectivity index (χ4n) is 3.27. The van der Waals surface area contributed by atoms with E-state index in [-0.39, 0.29) is 11.9 Å². The maximum absolute atomic E-state index is 13.0. The SMILES string of the molecule is Cc1oc(-c2ccccc2)nc1C(=O)N1CCC[C@H]1Cn1ccnn1. The van der Waals surface area contributed by atoms with E-state index < -0.39 is 0 Å². The number of hydrogen-bond acceptors (Lipinski definition) is 5. The van der Waals surface area contributed by atoms with Crippen molar-refractivity contribution in [2.24, 2.45) is 0 Å². The first kappa shape index (κ1) is 15.6. The van der Waals surface area contributed by atoms with E-state index in [1.165, 1.54) is 0 Å². The monoisotopic (exact) mass is 337 g/mol. The van der Waals surface area contributed by atoms with Crippen LogP contribution in [0.3, 0.4) is 0 Å². The van der Waals surface area contributed by atoms with Crippen LogP contribution in [-0.2, 0) is 6.54 Å². The Bertz CT molecular complexity index is 857. The molecule has 0 saturated carbocycles. The van der Waals surface area contributed by atoms with E-state index in [0.29, 0.717) is 23.9 Å². The fraction of sp³-hybridized carbons (Fsp3) is 0.333. The van der Waals surface area contributed by atoms with Crippen LogP contribution in [0, 0.1) is 6.92 Å². The molecule has 1 aliphatic rings. The lowest BCUT2D eigenvalue weighted by Crippen LogP contribution is -2.38. The van der Waals surface area contributed by atoms with Crippen LogP contribution in [0.2, 0.25) is 0 Å². The standard InChI is InChI=1S/C18H19N5O2/c1-13-16(20-17(25-13)14-6-3-2-4-7-14)18(24)23-10-5-8-15(23)12-22-11-9-19-21-22/h2-4,6-7,9,11,15H,5,8,10,12H2,1H3/t15-/m0/s1. The van der Waals surface area contributed by atoms with E-state index in [4.69, 9.17) is 4.42 Å². The molecule has 7 nitrogen and oxygen atoms in total. The maximum atomic E-state index is 13.0. The number of aromatic nitrogens is 4. The minimum absolute atomic E-state index is 0.0777. The molecule has 0 N–H and O–H groups in total. The molecule has 25 heavy (non-hydrogen) atoms. The van der Waals surface area contributed by atoms with E-state index in [0.717, 1.165) is 24.9 Å². The summed E-state index contributed by atoms with van der Waals surface area (Å²) in [5, 5.41) is 7.83. The topological polar surface area (TPSA) is 77.0 Å². The van der Waals surface area contributed by atoms with Crippen molar-refractivity contribution < 1.29 is 9.21 Å². The molecule has 1 aliphatic heterocycles. The molecule has 1 fully saturated rings. The summed E-state index contributed by atoms with van der Waals surface area (Å²) >= 11 is 0. The molecule has 0 radical (unpaired) electrons. The zero-order valence-corrected chi connectivity index (χ0v) is 14.0. The van der Waals surface area contributed by atoms with Gasteiger partial charge >= 0.3 is 0 Å². The van der Waals surface area contributed by atoms with Crippen molar-refractivity contribution in [3.63, 3.8) is 0 Å².